The van der Waals surface area contributed by atoms with Gasteiger partial charge in [-0.2, -0.15) is 0 Å². The Labute approximate surface area is 121 Å². The lowest BCUT2D eigenvalue weighted by Gasteiger charge is -2.26. The van der Waals surface area contributed by atoms with Gasteiger partial charge in [0, 0.05) is 26.2 Å². The highest BCUT2D eigenvalue weighted by atomic mass is 32.2. The van der Waals surface area contributed by atoms with E-state index in [4.69, 9.17) is 4.74 Å². The predicted octanol–water partition coefficient (Wildman–Crippen LogP) is -1.000. The zero-order valence-corrected chi connectivity index (χ0v) is 12.2. The van der Waals surface area contributed by atoms with Crippen molar-refractivity contribution in [3.63, 3.8) is 0 Å². The highest BCUT2D eigenvalue weighted by Gasteiger charge is 2.17. The minimum absolute atomic E-state index is 0.291. The van der Waals surface area contributed by atoms with E-state index in [1.54, 1.807) is 0 Å². The Morgan fingerprint density at radius 2 is 2.14 bits per heavy atom. The third-order valence-electron chi connectivity index (χ3n) is 2.98. The number of sulfonamides is 1. The minimum atomic E-state index is -3.56. The summed E-state index contributed by atoms with van der Waals surface area (Å²) < 4.78 is 32.5. The molecule has 0 spiro atoms. The average molecular weight is 319 g/mol. The average Bonchev–Trinajstić information content (AvgIpc) is 2.87. The number of ether oxygens (including phenoxy) is 1. The summed E-state index contributed by atoms with van der Waals surface area (Å²) in [6, 6.07) is 0. The van der Waals surface area contributed by atoms with E-state index >= 15 is 0 Å². The van der Waals surface area contributed by atoms with Crippen LogP contribution in [0.4, 0.5) is 5.82 Å². The van der Waals surface area contributed by atoms with Gasteiger partial charge in [0.2, 0.25) is 16.4 Å². The molecule has 0 radical (unpaired) electrons. The summed E-state index contributed by atoms with van der Waals surface area (Å²) in [6.07, 6.45) is 2.21. The van der Waals surface area contributed by atoms with Crippen molar-refractivity contribution in [2.45, 2.75) is 5.88 Å². The van der Waals surface area contributed by atoms with E-state index in [0.717, 1.165) is 30.2 Å². The highest BCUT2D eigenvalue weighted by Crippen LogP contribution is 2.06. The normalized spacial score (nSPS) is 17.0. The van der Waals surface area contributed by atoms with Crippen molar-refractivity contribution in [3.8, 4) is 0 Å². The van der Waals surface area contributed by atoms with Crippen LogP contribution in [0.25, 0.3) is 0 Å². The van der Waals surface area contributed by atoms with Gasteiger partial charge in [0.1, 0.15) is 12.1 Å². The largest absolute Gasteiger partial charge is 0.381 e. The number of nitrogens with one attached hydrogen (secondary N) is 1. The fourth-order valence-electron chi connectivity index (χ4n) is 1.94. The van der Waals surface area contributed by atoms with Crippen molar-refractivity contribution in [3.05, 3.63) is 22.6 Å². The smallest absolute Gasteiger partial charge is 0.379 e. The van der Waals surface area contributed by atoms with E-state index < -0.39 is 20.8 Å². The van der Waals surface area contributed by atoms with Crippen LogP contribution in [0.15, 0.2) is 12.5 Å². The maximum atomic E-state index is 11.8. The summed E-state index contributed by atoms with van der Waals surface area (Å²) in [6.45, 7) is 3.79. The Morgan fingerprint density at radius 3 is 2.76 bits per heavy atom. The molecule has 1 aliphatic rings. The molecule has 0 atom stereocenters. The van der Waals surface area contributed by atoms with Crippen LogP contribution in [-0.2, 0) is 20.6 Å². The van der Waals surface area contributed by atoms with E-state index in [2.05, 4.69) is 14.6 Å². The SMILES string of the molecule is O=[N+]([O-])c1cn(CS(=O)(=O)NCCN2CCOCC2)cn1. The number of hydrogen-bond donors (Lipinski definition) is 1. The molecule has 0 amide bonds. The lowest BCUT2D eigenvalue weighted by atomic mass is 10.4. The molecule has 118 valence electrons. The molecule has 0 saturated carbocycles. The second kappa shape index (κ2) is 6.93. The summed E-state index contributed by atoms with van der Waals surface area (Å²) in [5, 5.41) is 10.5. The number of nitrogens with zero attached hydrogens (tertiary/aromatic N) is 4. The van der Waals surface area contributed by atoms with Gasteiger partial charge in [-0.3, -0.25) is 9.47 Å². The van der Waals surface area contributed by atoms with Gasteiger partial charge in [-0.1, -0.05) is 0 Å². The molecule has 0 aromatic carbocycles. The van der Waals surface area contributed by atoms with Crippen LogP contribution in [-0.4, -0.2) is 67.2 Å². The fourth-order valence-corrected chi connectivity index (χ4v) is 2.97. The summed E-state index contributed by atoms with van der Waals surface area (Å²) in [5.74, 6) is -0.768. The van der Waals surface area contributed by atoms with Gasteiger partial charge in [0.25, 0.3) is 0 Å². The molecule has 1 N–H and O–H groups in total. The molecule has 0 aliphatic carbocycles. The minimum Gasteiger partial charge on any atom is -0.379 e. The van der Waals surface area contributed by atoms with Crippen LogP contribution in [0.5, 0.6) is 0 Å². The standard InChI is InChI=1S/C10H17N5O5S/c16-15(17)10-7-14(8-11-10)9-21(18,19)12-1-2-13-3-5-20-6-4-13/h7-8,12H,1-6,9H2. The molecule has 21 heavy (non-hydrogen) atoms. The Morgan fingerprint density at radius 1 is 1.43 bits per heavy atom. The van der Waals surface area contributed by atoms with Gasteiger partial charge in [0.05, 0.1) is 13.2 Å². The zero-order valence-electron chi connectivity index (χ0n) is 11.3. The first-order valence-corrected chi connectivity index (χ1v) is 8.05. The summed E-state index contributed by atoms with van der Waals surface area (Å²) in [7, 11) is -3.56. The number of hydrogen-bond acceptors (Lipinski definition) is 7. The Balaban J connectivity index is 1.79. The van der Waals surface area contributed by atoms with Gasteiger partial charge >= 0.3 is 5.82 Å². The van der Waals surface area contributed by atoms with Crippen molar-refractivity contribution < 1.29 is 18.1 Å². The van der Waals surface area contributed by atoms with Gasteiger partial charge in [-0.25, -0.2) is 13.1 Å². The van der Waals surface area contributed by atoms with Crippen molar-refractivity contribution >= 4 is 15.8 Å². The van der Waals surface area contributed by atoms with Crippen molar-refractivity contribution in [1.29, 1.82) is 0 Å². The lowest BCUT2D eigenvalue weighted by Crippen LogP contribution is -2.41. The van der Waals surface area contributed by atoms with Crippen molar-refractivity contribution in [2.24, 2.45) is 0 Å². The molecular weight excluding hydrogens is 302 g/mol. The van der Waals surface area contributed by atoms with Gasteiger partial charge in [-0.05, 0) is 9.91 Å². The molecule has 1 aliphatic heterocycles. The molecular formula is C10H17N5O5S. The Hall–Kier alpha value is -1.56. The zero-order chi connectivity index (χ0) is 15.3. The molecule has 2 heterocycles. The molecule has 1 saturated heterocycles. The van der Waals surface area contributed by atoms with E-state index in [-0.39, 0.29) is 5.82 Å². The molecule has 0 unspecified atom stereocenters. The molecule has 1 fully saturated rings. The second-order valence-corrected chi connectivity index (χ2v) is 6.37. The van der Waals surface area contributed by atoms with Crippen LogP contribution in [0.2, 0.25) is 0 Å². The van der Waals surface area contributed by atoms with Gasteiger partial charge < -0.3 is 14.9 Å². The molecule has 11 heteroatoms. The fraction of sp³-hybridized carbons (Fsp3) is 0.700. The maximum Gasteiger partial charge on any atom is 0.381 e. The molecule has 0 bridgehead atoms. The van der Waals surface area contributed by atoms with Crippen molar-refractivity contribution in [1.82, 2.24) is 19.2 Å². The van der Waals surface area contributed by atoms with Crippen LogP contribution in [0, 0.1) is 10.1 Å². The Bertz CT molecular complexity index is 580. The molecule has 2 rings (SSSR count). The first-order valence-electron chi connectivity index (χ1n) is 6.40. The van der Waals surface area contributed by atoms with Gasteiger partial charge in [-0.15, -0.1) is 0 Å². The first-order chi connectivity index (χ1) is 9.96. The van der Waals surface area contributed by atoms with Crippen LogP contribution >= 0.6 is 0 Å². The monoisotopic (exact) mass is 319 g/mol. The third kappa shape index (κ3) is 5.04. The van der Waals surface area contributed by atoms with Crippen LogP contribution < -0.4 is 4.72 Å². The first kappa shape index (κ1) is 15.8. The quantitative estimate of drug-likeness (QED) is 0.505. The molecule has 1 aromatic rings. The predicted molar refractivity (Wildman–Crippen MR) is 73.1 cm³/mol. The number of nitro groups is 1. The van der Waals surface area contributed by atoms with E-state index in [9.17, 15) is 18.5 Å². The van der Waals surface area contributed by atoms with E-state index in [1.807, 2.05) is 0 Å². The molecule has 10 nitrogen and oxygen atoms in total. The summed E-state index contributed by atoms with van der Waals surface area (Å²) in [4.78, 5) is 15.4. The number of imidazole rings is 1. The second-order valence-electron chi connectivity index (χ2n) is 4.60. The van der Waals surface area contributed by atoms with Gasteiger partial charge in [0.15, 0.2) is 0 Å². The van der Waals surface area contributed by atoms with Crippen molar-refractivity contribution in [2.75, 3.05) is 39.4 Å². The summed E-state index contributed by atoms with van der Waals surface area (Å²) in [5.41, 5.74) is 0. The third-order valence-corrected chi connectivity index (χ3v) is 4.26. The Kier molecular flexibility index (Phi) is 5.22. The van der Waals surface area contributed by atoms with Crippen LogP contribution in [0.1, 0.15) is 0 Å². The maximum absolute atomic E-state index is 11.8. The lowest BCUT2D eigenvalue weighted by molar-refractivity contribution is -0.389. The van der Waals surface area contributed by atoms with E-state index in [1.165, 1.54) is 0 Å². The number of rotatable bonds is 7. The highest BCUT2D eigenvalue weighted by molar-refractivity contribution is 7.88. The number of morpholine rings is 1. The van der Waals surface area contributed by atoms with E-state index in [0.29, 0.717) is 26.3 Å². The topological polar surface area (TPSA) is 120 Å². The summed E-state index contributed by atoms with van der Waals surface area (Å²) >= 11 is 0. The number of aromatic nitrogens is 2. The van der Waals surface area contributed by atoms with Crippen LogP contribution in [0.3, 0.4) is 0 Å². The molecule has 1 aromatic heterocycles.